The number of amides is 3. The first-order chi connectivity index (χ1) is 9.06. The van der Waals surface area contributed by atoms with Gasteiger partial charge in [0, 0.05) is 5.70 Å². The van der Waals surface area contributed by atoms with Gasteiger partial charge in [-0.2, -0.15) is 5.26 Å². The van der Waals surface area contributed by atoms with Crippen molar-refractivity contribution >= 4 is 12.1 Å². The highest BCUT2D eigenvalue weighted by Gasteiger charge is 2.38. The van der Waals surface area contributed by atoms with E-state index in [1.807, 2.05) is 6.07 Å². The number of nitrogens with zero attached hydrogens (tertiary/aromatic N) is 2. The maximum atomic E-state index is 11.8. The van der Waals surface area contributed by atoms with Crippen LogP contribution >= 0.6 is 0 Å². The molecule has 0 saturated carbocycles. The molecule has 6 nitrogen and oxygen atoms in total. The number of nitrogens with one attached hydrogen (secondary N) is 1. The predicted octanol–water partition coefficient (Wildman–Crippen LogP) is 2.23. The molecule has 0 aromatic heterocycles. The molecule has 1 atom stereocenters. The summed E-state index contributed by atoms with van der Waals surface area (Å²) in [6.45, 7) is 1.57. The van der Waals surface area contributed by atoms with Gasteiger partial charge in [-0.05, 0) is 12.5 Å². The number of imide groups is 1. The van der Waals surface area contributed by atoms with E-state index in [4.69, 9.17) is 0 Å². The summed E-state index contributed by atoms with van der Waals surface area (Å²) in [5.74, 6) is 0. The Morgan fingerprint density at radius 1 is 1.42 bits per heavy atom. The van der Waals surface area contributed by atoms with E-state index in [1.54, 1.807) is 37.3 Å². The first-order valence-corrected chi connectivity index (χ1v) is 5.55. The Hall–Kier alpha value is -2.81. The van der Waals surface area contributed by atoms with Gasteiger partial charge in [-0.1, -0.05) is 30.3 Å². The third-order valence-electron chi connectivity index (χ3n) is 2.89. The second-order valence-electron chi connectivity index (χ2n) is 4.05. The maximum Gasteiger partial charge on any atom is 0.416 e. The van der Waals surface area contributed by atoms with E-state index < -0.39 is 18.2 Å². The second-order valence-corrected chi connectivity index (χ2v) is 4.05. The summed E-state index contributed by atoms with van der Waals surface area (Å²) in [6.07, 6.45) is -1.40. The molecule has 19 heavy (non-hydrogen) atoms. The number of hydrogen-bond acceptors (Lipinski definition) is 3. The molecule has 1 aliphatic rings. The lowest BCUT2D eigenvalue weighted by atomic mass is 9.95. The molecular formula is C13H11N3O3. The Balaban J connectivity index is 2.61. The number of rotatable bonds is 1. The van der Waals surface area contributed by atoms with Crippen LogP contribution in [0.2, 0.25) is 0 Å². The Labute approximate surface area is 109 Å². The Bertz CT molecular complexity index is 601. The van der Waals surface area contributed by atoms with Gasteiger partial charge in [0.25, 0.3) is 0 Å². The highest BCUT2D eigenvalue weighted by atomic mass is 16.4. The average molecular weight is 257 g/mol. The number of carboxylic acid groups (broad SMARTS) is 1. The topological polar surface area (TPSA) is 93.4 Å². The minimum Gasteiger partial charge on any atom is -0.465 e. The van der Waals surface area contributed by atoms with Gasteiger partial charge in [0.2, 0.25) is 0 Å². The van der Waals surface area contributed by atoms with Crippen LogP contribution in [0, 0.1) is 11.3 Å². The fraction of sp³-hybridized carbons (Fsp3) is 0.154. The zero-order chi connectivity index (χ0) is 14.0. The smallest absolute Gasteiger partial charge is 0.416 e. The summed E-state index contributed by atoms with van der Waals surface area (Å²) in [4.78, 5) is 23.7. The SMILES string of the molecule is CC1=C(C#N)C(c2ccccc2)N(C(=O)O)C(=O)N1. The number of allylic oxidation sites excluding steroid dienone is 1. The monoisotopic (exact) mass is 257 g/mol. The molecule has 96 valence electrons. The molecule has 0 bridgehead atoms. The van der Waals surface area contributed by atoms with Gasteiger partial charge in [0.05, 0.1) is 11.6 Å². The van der Waals surface area contributed by atoms with E-state index in [2.05, 4.69) is 5.32 Å². The van der Waals surface area contributed by atoms with Crippen LogP contribution in [0.25, 0.3) is 0 Å². The van der Waals surface area contributed by atoms with Crippen LogP contribution in [0.1, 0.15) is 18.5 Å². The van der Waals surface area contributed by atoms with Crippen LogP contribution in [0.15, 0.2) is 41.6 Å². The Morgan fingerprint density at radius 3 is 2.58 bits per heavy atom. The highest BCUT2D eigenvalue weighted by Crippen LogP contribution is 2.32. The number of nitriles is 1. The van der Waals surface area contributed by atoms with Crippen molar-refractivity contribution in [3.63, 3.8) is 0 Å². The zero-order valence-electron chi connectivity index (χ0n) is 10.1. The van der Waals surface area contributed by atoms with Gasteiger partial charge in [-0.25, -0.2) is 14.5 Å². The van der Waals surface area contributed by atoms with E-state index >= 15 is 0 Å². The van der Waals surface area contributed by atoms with Gasteiger partial charge < -0.3 is 10.4 Å². The quantitative estimate of drug-likeness (QED) is 0.806. The van der Waals surface area contributed by atoms with E-state index in [1.165, 1.54) is 0 Å². The largest absolute Gasteiger partial charge is 0.465 e. The van der Waals surface area contributed by atoms with E-state index in [9.17, 15) is 20.0 Å². The maximum absolute atomic E-state index is 11.8. The summed E-state index contributed by atoms with van der Waals surface area (Å²) in [5, 5.41) is 20.7. The van der Waals surface area contributed by atoms with Crippen LogP contribution in [0.5, 0.6) is 0 Å². The van der Waals surface area contributed by atoms with Crippen molar-refractivity contribution in [3.8, 4) is 6.07 Å². The summed E-state index contributed by atoms with van der Waals surface area (Å²) in [7, 11) is 0. The fourth-order valence-corrected chi connectivity index (χ4v) is 2.03. The zero-order valence-corrected chi connectivity index (χ0v) is 10.1. The molecule has 1 unspecified atom stereocenters. The van der Waals surface area contributed by atoms with Crippen molar-refractivity contribution < 1.29 is 14.7 Å². The fourth-order valence-electron chi connectivity index (χ4n) is 2.03. The molecule has 0 fully saturated rings. The normalized spacial score (nSPS) is 18.8. The summed E-state index contributed by atoms with van der Waals surface area (Å²) < 4.78 is 0. The minimum absolute atomic E-state index is 0.216. The average Bonchev–Trinajstić information content (AvgIpc) is 2.38. The van der Waals surface area contributed by atoms with Crippen molar-refractivity contribution in [2.75, 3.05) is 0 Å². The highest BCUT2D eigenvalue weighted by molar-refractivity contribution is 5.93. The molecule has 2 rings (SSSR count). The molecule has 0 spiro atoms. The standard InChI is InChI=1S/C13H11N3O3/c1-8-10(7-14)11(9-5-3-2-4-6-9)16(13(18)19)12(17)15-8/h2-6,11H,1H3,(H,15,17)(H,18,19). The van der Waals surface area contributed by atoms with Crippen LogP contribution in [0.3, 0.4) is 0 Å². The van der Waals surface area contributed by atoms with Crippen molar-refractivity contribution in [2.24, 2.45) is 0 Å². The molecule has 0 radical (unpaired) electrons. The van der Waals surface area contributed by atoms with E-state index in [0.29, 0.717) is 16.2 Å². The number of carbonyl (C=O) groups is 2. The second kappa shape index (κ2) is 4.82. The lowest BCUT2D eigenvalue weighted by molar-refractivity contribution is 0.136. The van der Waals surface area contributed by atoms with Crippen molar-refractivity contribution in [2.45, 2.75) is 13.0 Å². The lowest BCUT2D eigenvalue weighted by Gasteiger charge is -2.32. The molecule has 3 amide bonds. The van der Waals surface area contributed by atoms with Crippen molar-refractivity contribution in [1.29, 1.82) is 5.26 Å². The van der Waals surface area contributed by atoms with E-state index in [-0.39, 0.29) is 5.57 Å². The van der Waals surface area contributed by atoms with Gasteiger partial charge in [-0.3, -0.25) is 0 Å². The number of benzene rings is 1. The van der Waals surface area contributed by atoms with Crippen molar-refractivity contribution in [1.82, 2.24) is 10.2 Å². The summed E-state index contributed by atoms with van der Waals surface area (Å²) in [5.41, 5.74) is 1.17. The Morgan fingerprint density at radius 2 is 2.05 bits per heavy atom. The third-order valence-corrected chi connectivity index (χ3v) is 2.89. The first-order valence-electron chi connectivity index (χ1n) is 5.55. The van der Waals surface area contributed by atoms with Crippen LogP contribution in [-0.4, -0.2) is 22.1 Å². The van der Waals surface area contributed by atoms with Gasteiger partial charge in [0.1, 0.15) is 6.04 Å². The van der Waals surface area contributed by atoms with Gasteiger partial charge in [0.15, 0.2) is 0 Å². The van der Waals surface area contributed by atoms with Gasteiger partial charge in [-0.15, -0.1) is 0 Å². The van der Waals surface area contributed by atoms with Crippen molar-refractivity contribution in [3.05, 3.63) is 47.2 Å². The van der Waals surface area contributed by atoms with Crippen LogP contribution < -0.4 is 5.32 Å². The molecule has 0 aliphatic carbocycles. The molecule has 2 N–H and O–H groups in total. The minimum atomic E-state index is -1.40. The molecular weight excluding hydrogens is 246 g/mol. The third kappa shape index (κ3) is 2.13. The number of carbonyl (C=O) groups excluding carboxylic acids is 1. The molecule has 0 saturated heterocycles. The first kappa shape index (κ1) is 12.6. The predicted molar refractivity (Wildman–Crippen MR) is 65.9 cm³/mol. The molecule has 1 aliphatic heterocycles. The molecule has 1 aromatic rings. The van der Waals surface area contributed by atoms with Gasteiger partial charge >= 0.3 is 12.1 Å². The van der Waals surface area contributed by atoms with E-state index in [0.717, 1.165) is 0 Å². The van der Waals surface area contributed by atoms with Crippen LogP contribution in [-0.2, 0) is 0 Å². The Kier molecular flexibility index (Phi) is 3.21. The summed E-state index contributed by atoms with van der Waals surface area (Å²) in [6, 6.07) is 8.91. The lowest BCUT2D eigenvalue weighted by Crippen LogP contribution is -2.49. The molecule has 1 aromatic carbocycles. The number of hydrogen-bond donors (Lipinski definition) is 2. The summed E-state index contributed by atoms with van der Waals surface area (Å²) >= 11 is 0. The molecule has 1 heterocycles. The van der Waals surface area contributed by atoms with Crippen LogP contribution in [0.4, 0.5) is 9.59 Å². The molecule has 6 heteroatoms. The number of urea groups is 1.